The standard InChI is InChI=1S/C16H13ClN2O2S/c1-19-14-7-3-2-6-12(14)13(16(19)17)10-18-21-15(20)9-11-5-4-8-22-11/h2-8,10H,9H2,1H3/b18-10-. The first kappa shape index (κ1) is 14.8. The number of benzene rings is 1. The molecule has 3 aromatic rings. The van der Waals surface area contributed by atoms with Gasteiger partial charge in [0.2, 0.25) is 0 Å². The van der Waals surface area contributed by atoms with Crippen molar-refractivity contribution in [2.75, 3.05) is 0 Å². The Kier molecular flexibility index (Phi) is 4.27. The van der Waals surface area contributed by atoms with Crippen LogP contribution in [0.3, 0.4) is 0 Å². The van der Waals surface area contributed by atoms with Gasteiger partial charge in [-0.05, 0) is 17.5 Å². The molecule has 0 radical (unpaired) electrons. The highest BCUT2D eigenvalue weighted by molar-refractivity contribution is 7.10. The van der Waals surface area contributed by atoms with Crippen LogP contribution in [0, 0.1) is 0 Å². The first-order valence-corrected chi connectivity index (χ1v) is 7.91. The van der Waals surface area contributed by atoms with Crippen molar-refractivity contribution in [3.63, 3.8) is 0 Å². The van der Waals surface area contributed by atoms with Crippen molar-refractivity contribution in [1.29, 1.82) is 0 Å². The lowest BCUT2D eigenvalue weighted by atomic mass is 10.2. The van der Waals surface area contributed by atoms with Gasteiger partial charge in [-0.1, -0.05) is 41.0 Å². The third-order valence-electron chi connectivity index (χ3n) is 3.31. The van der Waals surface area contributed by atoms with Crippen LogP contribution in [0.25, 0.3) is 10.9 Å². The van der Waals surface area contributed by atoms with E-state index < -0.39 is 5.97 Å². The van der Waals surface area contributed by atoms with Crippen LogP contribution in [0.15, 0.2) is 46.9 Å². The summed E-state index contributed by atoms with van der Waals surface area (Å²) in [6.07, 6.45) is 1.70. The van der Waals surface area contributed by atoms with E-state index in [9.17, 15) is 4.79 Å². The fourth-order valence-electron chi connectivity index (χ4n) is 2.24. The second kappa shape index (κ2) is 6.34. The largest absolute Gasteiger partial charge is 0.340 e. The second-order valence-corrected chi connectivity index (χ2v) is 6.12. The van der Waals surface area contributed by atoms with Crippen LogP contribution in [0.4, 0.5) is 0 Å². The molecule has 0 fully saturated rings. The molecule has 6 heteroatoms. The molecular formula is C16H13ClN2O2S. The Bertz CT molecular complexity index is 837. The maximum absolute atomic E-state index is 11.7. The molecule has 0 saturated heterocycles. The molecule has 2 heterocycles. The molecule has 2 aromatic heterocycles. The van der Waals surface area contributed by atoms with E-state index in [0.29, 0.717) is 5.15 Å². The Morgan fingerprint density at radius 2 is 2.18 bits per heavy atom. The summed E-state index contributed by atoms with van der Waals surface area (Å²) < 4.78 is 1.87. The van der Waals surface area contributed by atoms with E-state index in [2.05, 4.69) is 5.16 Å². The molecule has 0 aliphatic carbocycles. The molecule has 0 atom stereocenters. The third-order valence-corrected chi connectivity index (χ3v) is 4.64. The number of fused-ring (bicyclic) bond motifs is 1. The number of aryl methyl sites for hydroxylation is 1. The lowest BCUT2D eigenvalue weighted by Gasteiger charge is -1.96. The topological polar surface area (TPSA) is 43.6 Å². The predicted molar refractivity (Wildman–Crippen MR) is 89.6 cm³/mol. The van der Waals surface area contributed by atoms with E-state index in [1.165, 1.54) is 17.6 Å². The average molecular weight is 333 g/mol. The first-order valence-electron chi connectivity index (χ1n) is 6.65. The number of hydrogen-bond donors (Lipinski definition) is 0. The van der Waals surface area contributed by atoms with Gasteiger partial charge in [0.05, 0.1) is 12.6 Å². The second-order valence-electron chi connectivity index (χ2n) is 4.73. The minimum Gasteiger partial charge on any atom is -0.334 e. The van der Waals surface area contributed by atoms with Crippen LogP contribution < -0.4 is 0 Å². The predicted octanol–water partition coefficient (Wildman–Crippen LogP) is 4.01. The van der Waals surface area contributed by atoms with E-state index in [4.69, 9.17) is 16.4 Å². The number of thiophene rings is 1. The molecule has 0 saturated carbocycles. The molecule has 0 N–H and O–H groups in total. The minimum absolute atomic E-state index is 0.221. The molecule has 0 amide bonds. The molecule has 0 aliphatic heterocycles. The lowest BCUT2D eigenvalue weighted by Crippen LogP contribution is -2.03. The number of carbonyl (C=O) groups excluding carboxylic acids is 1. The van der Waals surface area contributed by atoms with Crippen molar-refractivity contribution in [1.82, 2.24) is 4.57 Å². The van der Waals surface area contributed by atoms with Crippen LogP contribution in [0.5, 0.6) is 0 Å². The molecule has 112 valence electrons. The van der Waals surface area contributed by atoms with Crippen molar-refractivity contribution in [2.45, 2.75) is 6.42 Å². The zero-order chi connectivity index (χ0) is 15.5. The van der Waals surface area contributed by atoms with Crippen molar-refractivity contribution < 1.29 is 9.63 Å². The monoisotopic (exact) mass is 332 g/mol. The molecule has 0 aliphatic rings. The number of para-hydroxylation sites is 1. The van der Waals surface area contributed by atoms with Gasteiger partial charge in [-0.25, -0.2) is 4.79 Å². The highest BCUT2D eigenvalue weighted by atomic mass is 35.5. The summed E-state index contributed by atoms with van der Waals surface area (Å²) in [6.45, 7) is 0. The number of halogens is 1. The number of carbonyl (C=O) groups is 1. The average Bonchev–Trinajstić information content (AvgIpc) is 3.10. The number of nitrogens with zero attached hydrogens (tertiary/aromatic N) is 2. The number of aromatic nitrogens is 1. The SMILES string of the molecule is Cn1c(Cl)c(/C=N\OC(=O)Cc2cccs2)c2ccccc21. The van der Waals surface area contributed by atoms with Gasteiger partial charge in [-0.3, -0.25) is 0 Å². The molecular weight excluding hydrogens is 320 g/mol. The van der Waals surface area contributed by atoms with Crippen LogP contribution in [-0.2, 0) is 23.1 Å². The maximum Gasteiger partial charge on any atom is 0.340 e. The zero-order valence-electron chi connectivity index (χ0n) is 11.8. The summed E-state index contributed by atoms with van der Waals surface area (Å²) in [5, 5.41) is 7.22. The van der Waals surface area contributed by atoms with E-state index in [-0.39, 0.29) is 6.42 Å². The maximum atomic E-state index is 11.7. The quantitative estimate of drug-likeness (QED) is 0.411. The van der Waals surface area contributed by atoms with Gasteiger partial charge in [-0.15, -0.1) is 11.3 Å². The summed E-state index contributed by atoms with van der Waals surface area (Å²) in [6, 6.07) is 11.6. The van der Waals surface area contributed by atoms with Crippen LogP contribution in [-0.4, -0.2) is 16.8 Å². The third kappa shape index (κ3) is 2.91. The Hall–Kier alpha value is -2.11. The number of rotatable bonds is 4. The van der Waals surface area contributed by atoms with E-state index in [1.54, 1.807) is 0 Å². The van der Waals surface area contributed by atoms with E-state index in [1.807, 2.05) is 53.4 Å². The zero-order valence-corrected chi connectivity index (χ0v) is 13.4. The highest BCUT2D eigenvalue weighted by Crippen LogP contribution is 2.27. The van der Waals surface area contributed by atoms with Gasteiger partial charge >= 0.3 is 5.97 Å². The number of oxime groups is 1. The lowest BCUT2D eigenvalue weighted by molar-refractivity contribution is -0.142. The Morgan fingerprint density at radius 3 is 2.95 bits per heavy atom. The summed E-state index contributed by atoms with van der Waals surface area (Å²) >= 11 is 7.81. The minimum atomic E-state index is -0.393. The van der Waals surface area contributed by atoms with Gasteiger partial charge in [-0.2, -0.15) is 0 Å². The molecule has 0 bridgehead atoms. The molecule has 22 heavy (non-hydrogen) atoms. The van der Waals surface area contributed by atoms with Gasteiger partial charge in [0.1, 0.15) is 5.15 Å². The van der Waals surface area contributed by atoms with Gasteiger partial charge in [0.15, 0.2) is 0 Å². The Balaban J connectivity index is 1.76. The smallest absolute Gasteiger partial charge is 0.334 e. The highest BCUT2D eigenvalue weighted by Gasteiger charge is 2.11. The molecule has 1 aromatic carbocycles. The molecule has 0 spiro atoms. The molecule has 4 nitrogen and oxygen atoms in total. The summed E-state index contributed by atoms with van der Waals surface area (Å²) in [4.78, 5) is 17.5. The summed E-state index contributed by atoms with van der Waals surface area (Å²) in [5.41, 5.74) is 1.74. The van der Waals surface area contributed by atoms with Crippen LogP contribution in [0.1, 0.15) is 10.4 Å². The van der Waals surface area contributed by atoms with Crippen molar-refractivity contribution in [3.05, 3.63) is 57.4 Å². The van der Waals surface area contributed by atoms with Crippen molar-refractivity contribution >= 4 is 46.0 Å². The van der Waals surface area contributed by atoms with Crippen molar-refractivity contribution in [2.24, 2.45) is 12.2 Å². The van der Waals surface area contributed by atoms with E-state index in [0.717, 1.165) is 21.3 Å². The van der Waals surface area contributed by atoms with Crippen molar-refractivity contribution in [3.8, 4) is 0 Å². The first-order chi connectivity index (χ1) is 10.7. The fraction of sp³-hybridized carbons (Fsp3) is 0.125. The fourth-order valence-corrected chi connectivity index (χ4v) is 3.17. The molecule has 0 unspecified atom stereocenters. The Morgan fingerprint density at radius 1 is 1.36 bits per heavy atom. The van der Waals surface area contributed by atoms with Crippen LogP contribution in [0.2, 0.25) is 5.15 Å². The Labute approximate surface area is 136 Å². The van der Waals surface area contributed by atoms with E-state index >= 15 is 0 Å². The normalized spacial score (nSPS) is 11.4. The number of hydrogen-bond acceptors (Lipinski definition) is 4. The summed E-state index contributed by atoms with van der Waals surface area (Å²) in [5.74, 6) is -0.393. The van der Waals surface area contributed by atoms with Gasteiger partial charge in [0.25, 0.3) is 0 Å². The molecule has 3 rings (SSSR count). The van der Waals surface area contributed by atoms with Gasteiger partial charge in [0, 0.05) is 28.4 Å². The van der Waals surface area contributed by atoms with Gasteiger partial charge < -0.3 is 9.40 Å². The van der Waals surface area contributed by atoms with Crippen LogP contribution >= 0.6 is 22.9 Å². The summed E-state index contributed by atoms with van der Waals surface area (Å²) in [7, 11) is 1.88.